The summed E-state index contributed by atoms with van der Waals surface area (Å²) in [6.07, 6.45) is 0. The standard InChI is InChI=1S/C14H15BrN4O3/c1-8-4-5-11(12(6-8)19(21)22)16-13(20)7-18-10(3)14(15)9(2)17-18/h4-6H,7H2,1-3H3,(H,16,20). The predicted octanol–water partition coefficient (Wildman–Crippen LogP) is 3.12. The summed E-state index contributed by atoms with van der Waals surface area (Å²) >= 11 is 3.39. The van der Waals surface area contributed by atoms with Crippen molar-refractivity contribution in [2.45, 2.75) is 27.3 Å². The van der Waals surface area contributed by atoms with Crippen LogP contribution in [-0.2, 0) is 11.3 Å². The lowest BCUT2D eigenvalue weighted by atomic mass is 10.2. The molecule has 1 aromatic heterocycles. The number of anilines is 1. The number of amides is 1. The number of halogens is 1. The van der Waals surface area contributed by atoms with Gasteiger partial charge in [-0.2, -0.15) is 5.10 Å². The number of aromatic nitrogens is 2. The predicted molar refractivity (Wildman–Crippen MR) is 85.9 cm³/mol. The van der Waals surface area contributed by atoms with Crippen LogP contribution in [0.25, 0.3) is 0 Å². The summed E-state index contributed by atoms with van der Waals surface area (Å²) in [6, 6.07) is 4.67. The smallest absolute Gasteiger partial charge is 0.293 e. The fourth-order valence-corrected chi connectivity index (χ4v) is 2.34. The van der Waals surface area contributed by atoms with Gasteiger partial charge in [0, 0.05) is 6.07 Å². The highest BCUT2D eigenvalue weighted by molar-refractivity contribution is 9.10. The van der Waals surface area contributed by atoms with E-state index in [2.05, 4.69) is 26.3 Å². The number of benzene rings is 1. The number of hydrogen-bond acceptors (Lipinski definition) is 4. The Morgan fingerprint density at radius 1 is 1.41 bits per heavy atom. The molecular weight excluding hydrogens is 352 g/mol. The van der Waals surface area contributed by atoms with Gasteiger partial charge >= 0.3 is 0 Å². The van der Waals surface area contributed by atoms with Gasteiger partial charge in [-0.25, -0.2) is 0 Å². The number of nitro benzene ring substituents is 1. The summed E-state index contributed by atoms with van der Waals surface area (Å²) in [5.41, 5.74) is 2.42. The summed E-state index contributed by atoms with van der Waals surface area (Å²) in [5.74, 6) is -0.370. The first-order valence-corrected chi connectivity index (χ1v) is 7.33. The van der Waals surface area contributed by atoms with Gasteiger partial charge in [0.1, 0.15) is 12.2 Å². The van der Waals surface area contributed by atoms with Gasteiger partial charge in [0.15, 0.2) is 0 Å². The van der Waals surface area contributed by atoms with Gasteiger partial charge in [0.25, 0.3) is 5.69 Å². The van der Waals surface area contributed by atoms with Crippen molar-refractivity contribution in [1.29, 1.82) is 0 Å². The van der Waals surface area contributed by atoms with E-state index in [1.165, 1.54) is 12.1 Å². The summed E-state index contributed by atoms with van der Waals surface area (Å²) in [7, 11) is 0. The van der Waals surface area contributed by atoms with Gasteiger partial charge in [-0.05, 0) is 48.3 Å². The molecule has 1 amide bonds. The van der Waals surface area contributed by atoms with Gasteiger partial charge in [-0.3, -0.25) is 19.6 Å². The maximum absolute atomic E-state index is 12.1. The van der Waals surface area contributed by atoms with E-state index >= 15 is 0 Å². The first kappa shape index (κ1) is 16.2. The molecule has 8 heteroatoms. The van der Waals surface area contributed by atoms with Crippen LogP contribution in [0, 0.1) is 30.9 Å². The van der Waals surface area contributed by atoms with Crippen LogP contribution in [0.5, 0.6) is 0 Å². The molecule has 0 atom stereocenters. The highest BCUT2D eigenvalue weighted by atomic mass is 79.9. The van der Waals surface area contributed by atoms with Crippen molar-refractivity contribution in [2.24, 2.45) is 0 Å². The first-order valence-electron chi connectivity index (χ1n) is 6.54. The molecular formula is C14H15BrN4O3. The molecule has 0 bridgehead atoms. The average molecular weight is 367 g/mol. The van der Waals surface area contributed by atoms with Crippen molar-refractivity contribution in [3.05, 3.63) is 49.7 Å². The van der Waals surface area contributed by atoms with Crippen molar-refractivity contribution < 1.29 is 9.72 Å². The number of nitro groups is 1. The Hall–Kier alpha value is -2.22. The maximum atomic E-state index is 12.1. The van der Waals surface area contributed by atoms with E-state index in [9.17, 15) is 14.9 Å². The third-order valence-electron chi connectivity index (χ3n) is 3.21. The van der Waals surface area contributed by atoms with Crippen LogP contribution in [0.1, 0.15) is 17.0 Å². The van der Waals surface area contributed by atoms with E-state index in [0.717, 1.165) is 21.4 Å². The van der Waals surface area contributed by atoms with Gasteiger partial charge < -0.3 is 5.32 Å². The molecule has 1 heterocycles. The number of aryl methyl sites for hydroxylation is 2. The molecule has 0 radical (unpaired) electrons. The van der Waals surface area contributed by atoms with Gasteiger partial charge in [-0.15, -0.1) is 0 Å². The lowest BCUT2D eigenvalue weighted by Gasteiger charge is -2.08. The second-order valence-corrected chi connectivity index (χ2v) is 5.76. The van der Waals surface area contributed by atoms with E-state index in [4.69, 9.17) is 0 Å². The van der Waals surface area contributed by atoms with Crippen LogP contribution in [0.3, 0.4) is 0 Å². The molecule has 1 N–H and O–H groups in total. The van der Waals surface area contributed by atoms with Crippen molar-refractivity contribution in [3.8, 4) is 0 Å². The number of carbonyl (C=O) groups is 1. The Balaban J connectivity index is 2.19. The molecule has 0 aliphatic heterocycles. The molecule has 0 saturated heterocycles. The minimum absolute atomic E-state index is 0.0106. The molecule has 0 fully saturated rings. The van der Waals surface area contributed by atoms with Gasteiger partial charge in [0.2, 0.25) is 5.91 Å². The largest absolute Gasteiger partial charge is 0.319 e. The Morgan fingerprint density at radius 3 is 2.64 bits per heavy atom. The van der Waals surface area contributed by atoms with E-state index in [1.807, 2.05) is 13.8 Å². The minimum Gasteiger partial charge on any atom is -0.319 e. The molecule has 2 aromatic rings. The average Bonchev–Trinajstić information content (AvgIpc) is 2.68. The highest BCUT2D eigenvalue weighted by Crippen LogP contribution is 2.25. The number of nitrogens with one attached hydrogen (secondary N) is 1. The van der Waals surface area contributed by atoms with Crippen LogP contribution < -0.4 is 5.32 Å². The molecule has 0 unspecified atom stereocenters. The molecule has 0 aliphatic rings. The summed E-state index contributed by atoms with van der Waals surface area (Å²) in [5, 5.41) is 17.9. The molecule has 0 aliphatic carbocycles. The van der Waals surface area contributed by atoms with E-state index in [1.54, 1.807) is 17.7 Å². The Labute approximate surface area is 135 Å². The molecule has 2 rings (SSSR count). The van der Waals surface area contributed by atoms with Crippen LogP contribution >= 0.6 is 15.9 Å². The summed E-state index contributed by atoms with van der Waals surface area (Å²) in [6.45, 7) is 5.41. The monoisotopic (exact) mass is 366 g/mol. The van der Waals surface area contributed by atoms with Crippen molar-refractivity contribution in [3.63, 3.8) is 0 Å². The second-order valence-electron chi connectivity index (χ2n) is 4.97. The Morgan fingerprint density at radius 2 is 2.09 bits per heavy atom. The van der Waals surface area contributed by atoms with Crippen LogP contribution in [0.15, 0.2) is 22.7 Å². The van der Waals surface area contributed by atoms with Crippen molar-refractivity contribution in [1.82, 2.24) is 9.78 Å². The van der Waals surface area contributed by atoms with Gasteiger partial charge in [-0.1, -0.05) is 6.07 Å². The number of hydrogen-bond donors (Lipinski definition) is 1. The topological polar surface area (TPSA) is 90.1 Å². The fourth-order valence-electron chi connectivity index (χ4n) is 2.05. The zero-order valence-electron chi connectivity index (χ0n) is 12.4. The van der Waals surface area contributed by atoms with Crippen LogP contribution in [-0.4, -0.2) is 20.6 Å². The molecule has 116 valence electrons. The zero-order valence-corrected chi connectivity index (χ0v) is 14.0. The molecule has 1 aromatic carbocycles. The number of rotatable bonds is 4. The van der Waals surface area contributed by atoms with Crippen LogP contribution in [0.2, 0.25) is 0 Å². The SMILES string of the molecule is Cc1ccc(NC(=O)Cn2nc(C)c(Br)c2C)c([N+](=O)[O-])c1. The van der Waals surface area contributed by atoms with Crippen molar-refractivity contribution in [2.75, 3.05) is 5.32 Å². The fraction of sp³-hybridized carbons (Fsp3) is 0.286. The van der Waals surface area contributed by atoms with Gasteiger partial charge in [0.05, 0.1) is 20.8 Å². The molecule has 7 nitrogen and oxygen atoms in total. The third-order valence-corrected chi connectivity index (χ3v) is 4.36. The quantitative estimate of drug-likeness (QED) is 0.664. The highest BCUT2D eigenvalue weighted by Gasteiger charge is 2.17. The Kier molecular flexibility index (Phi) is 4.60. The maximum Gasteiger partial charge on any atom is 0.293 e. The zero-order chi connectivity index (χ0) is 16.4. The Bertz CT molecular complexity index is 755. The summed E-state index contributed by atoms with van der Waals surface area (Å²) < 4.78 is 2.40. The molecule has 22 heavy (non-hydrogen) atoms. The lowest BCUT2D eigenvalue weighted by molar-refractivity contribution is -0.384. The van der Waals surface area contributed by atoms with Crippen molar-refractivity contribution >= 4 is 33.2 Å². The van der Waals surface area contributed by atoms with Crippen LogP contribution in [0.4, 0.5) is 11.4 Å². The molecule has 0 spiro atoms. The van der Waals surface area contributed by atoms with E-state index < -0.39 is 4.92 Å². The van der Waals surface area contributed by atoms with E-state index in [-0.39, 0.29) is 23.8 Å². The summed E-state index contributed by atoms with van der Waals surface area (Å²) in [4.78, 5) is 22.6. The number of carbonyl (C=O) groups excluding carboxylic acids is 1. The third kappa shape index (κ3) is 3.33. The van der Waals surface area contributed by atoms with E-state index in [0.29, 0.717) is 0 Å². The lowest BCUT2D eigenvalue weighted by Crippen LogP contribution is -2.21. The minimum atomic E-state index is -0.511. The normalized spacial score (nSPS) is 10.5. The molecule has 0 saturated carbocycles. The second kappa shape index (κ2) is 6.27. The number of nitrogens with zero attached hydrogens (tertiary/aromatic N) is 3. The first-order chi connectivity index (χ1) is 10.3.